The highest BCUT2D eigenvalue weighted by molar-refractivity contribution is 7.15. The molecule has 2 aromatic heterocycles. The van der Waals surface area contributed by atoms with Crippen molar-refractivity contribution in [1.82, 2.24) is 14.9 Å². The minimum absolute atomic E-state index is 0.0939. The zero-order valence-corrected chi connectivity index (χ0v) is 20.6. The number of carbonyl (C=O) groups is 1. The molecular weight excluding hydrogens is 464 g/mol. The van der Waals surface area contributed by atoms with Gasteiger partial charge in [-0.2, -0.15) is 0 Å². The summed E-state index contributed by atoms with van der Waals surface area (Å²) in [6.45, 7) is 5.22. The van der Waals surface area contributed by atoms with Crippen LogP contribution in [-0.2, 0) is 37.3 Å². The number of benzene rings is 2. The number of hydrogen-bond donors (Lipinski definition) is 1. The van der Waals surface area contributed by atoms with Gasteiger partial charge in [0, 0.05) is 36.3 Å². The highest BCUT2D eigenvalue weighted by Crippen LogP contribution is 2.29. The second-order valence-corrected chi connectivity index (χ2v) is 10.4. The topological polar surface area (TPSA) is 67.3 Å². The first-order valence-corrected chi connectivity index (χ1v) is 13.0. The molecule has 5 rings (SSSR count). The quantitative estimate of drug-likeness (QED) is 0.367. The fourth-order valence-corrected chi connectivity index (χ4v) is 5.65. The third-order valence-electron chi connectivity index (χ3n) is 5.63. The molecule has 1 aliphatic heterocycles. The van der Waals surface area contributed by atoms with Crippen LogP contribution in [0.2, 0.25) is 0 Å². The zero-order chi connectivity index (χ0) is 23.3. The highest BCUT2D eigenvalue weighted by atomic mass is 32.1. The zero-order valence-electron chi connectivity index (χ0n) is 19.0. The molecule has 4 aromatic rings. The maximum Gasteiger partial charge on any atom is 0.232 e. The summed E-state index contributed by atoms with van der Waals surface area (Å²) in [7, 11) is 0. The molecule has 0 radical (unpaired) electrons. The van der Waals surface area contributed by atoms with Crippen molar-refractivity contribution in [2.24, 2.45) is 0 Å². The third kappa shape index (κ3) is 5.88. The lowest BCUT2D eigenvalue weighted by Crippen LogP contribution is -2.29. The van der Waals surface area contributed by atoms with Crippen LogP contribution >= 0.6 is 22.7 Å². The summed E-state index contributed by atoms with van der Waals surface area (Å²) >= 11 is 3.09. The van der Waals surface area contributed by atoms with E-state index in [1.54, 1.807) is 11.3 Å². The van der Waals surface area contributed by atoms with Crippen molar-refractivity contribution in [2.75, 3.05) is 11.9 Å². The molecule has 8 heteroatoms. The number of ether oxygens (including phenoxy) is 1. The monoisotopic (exact) mass is 490 g/mol. The van der Waals surface area contributed by atoms with Crippen LogP contribution in [0.1, 0.15) is 32.4 Å². The lowest BCUT2D eigenvalue weighted by atomic mass is 10.1. The molecule has 2 aromatic carbocycles. The van der Waals surface area contributed by atoms with Gasteiger partial charge < -0.3 is 10.1 Å². The van der Waals surface area contributed by atoms with Gasteiger partial charge in [-0.25, -0.2) is 9.97 Å². The van der Waals surface area contributed by atoms with Gasteiger partial charge >= 0.3 is 0 Å². The van der Waals surface area contributed by atoms with Crippen molar-refractivity contribution < 1.29 is 9.53 Å². The van der Waals surface area contributed by atoms with E-state index >= 15 is 0 Å². The number of thiazole rings is 2. The van der Waals surface area contributed by atoms with Gasteiger partial charge in [0.2, 0.25) is 5.91 Å². The molecule has 0 saturated heterocycles. The second kappa shape index (κ2) is 10.5. The van der Waals surface area contributed by atoms with Gasteiger partial charge in [0.1, 0.15) is 17.4 Å². The lowest BCUT2D eigenvalue weighted by Gasteiger charge is -2.25. The number of hydrogen-bond acceptors (Lipinski definition) is 7. The predicted octanol–water partition coefficient (Wildman–Crippen LogP) is 5.23. The van der Waals surface area contributed by atoms with E-state index in [2.05, 4.69) is 44.5 Å². The SMILES string of the molecule is Cc1ccc(OCc2nc(CC(=O)Nc3nc4c(s3)CN(Cc3ccccc3)CC4)cs2)cc1. The van der Waals surface area contributed by atoms with Crippen molar-refractivity contribution in [3.63, 3.8) is 0 Å². The van der Waals surface area contributed by atoms with E-state index in [0.717, 1.165) is 48.2 Å². The molecule has 0 unspecified atom stereocenters. The first-order chi connectivity index (χ1) is 16.6. The Morgan fingerprint density at radius 2 is 1.94 bits per heavy atom. The minimum atomic E-state index is -0.0939. The first-order valence-electron chi connectivity index (χ1n) is 11.3. The summed E-state index contributed by atoms with van der Waals surface area (Å²) in [4.78, 5) is 25.5. The molecule has 1 amide bonds. The Morgan fingerprint density at radius 1 is 1.12 bits per heavy atom. The van der Waals surface area contributed by atoms with Gasteiger partial charge in [0.15, 0.2) is 5.13 Å². The lowest BCUT2D eigenvalue weighted by molar-refractivity contribution is -0.115. The number of rotatable bonds is 8. The van der Waals surface area contributed by atoms with Crippen LogP contribution in [0.15, 0.2) is 60.0 Å². The number of amides is 1. The fraction of sp³-hybridized carbons (Fsp3) is 0.269. The second-order valence-electron chi connectivity index (χ2n) is 8.39. The van der Waals surface area contributed by atoms with Crippen LogP contribution < -0.4 is 10.1 Å². The maximum absolute atomic E-state index is 12.6. The molecule has 0 aliphatic carbocycles. The summed E-state index contributed by atoms with van der Waals surface area (Å²) in [5.41, 5.74) is 4.37. The Hall–Kier alpha value is -3.07. The molecule has 0 saturated carbocycles. The Bertz CT molecular complexity index is 1250. The summed E-state index contributed by atoms with van der Waals surface area (Å²) in [5, 5.41) is 6.42. The molecule has 174 valence electrons. The number of carbonyl (C=O) groups excluding carboxylic acids is 1. The van der Waals surface area contributed by atoms with Crippen molar-refractivity contribution in [1.29, 1.82) is 0 Å². The molecule has 1 N–H and O–H groups in total. The van der Waals surface area contributed by atoms with Crippen LogP contribution in [-0.4, -0.2) is 27.3 Å². The maximum atomic E-state index is 12.6. The molecule has 0 atom stereocenters. The normalized spacial score (nSPS) is 13.4. The number of nitrogens with zero attached hydrogens (tertiary/aromatic N) is 3. The summed E-state index contributed by atoms with van der Waals surface area (Å²) < 4.78 is 5.79. The molecule has 0 bridgehead atoms. The Labute approximate surface area is 207 Å². The van der Waals surface area contributed by atoms with Gasteiger partial charge in [-0.05, 0) is 24.6 Å². The average molecular weight is 491 g/mol. The standard InChI is InChI=1S/C26H26N4O2S2/c1-18-7-9-21(10-8-18)32-16-25-27-20(17-33-25)13-24(31)29-26-28-22-11-12-30(15-23(22)34-26)14-19-5-3-2-4-6-19/h2-10,17H,11-16H2,1H3,(H,28,29,31). The molecule has 6 nitrogen and oxygen atoms in total. The third-order valence-corrected chi connectivity index (χ3v) is 7.50. The number of fused-ring (bicyclic) bond motifs is 1. The van der Waals surface area contributed by atoms with E-state index in [1.807, 2.05) is 42.6 Å². The predicted molar refractivity (Wildman–Crippen MR) is 136 cm³/mol. The average Bonchev–Trinajstić information content (AvgIpc) is 3.45. The van der Waals surface area contributed by atoms with E-state index in [9.17, 15) is 4.79 Å². The Balaban J connectivity index is 1.12. The molecule has 0 spiro atoms. The largest absolute Gasteiger partial charge is 0.486 e. The van der Waals surface area contributed by atoms with Crippen molar-refractivity contribution >= 4 is 33.7 Å². The van der Waals surface area contributed by atoms with Crippen LogP contribution in [0.25, 0.3) is 0 Å². The van der Waals surface area contributed by atoms with Crippen molar-refractivity contribution in [2.45, 2.75) is 39.5 Å². The molecule has 3 heterocycles. The first kappa shape index (κ1) is 22.7. The number of anilines is 1. The number of nitrogens with one attached hydrogen (secondary N) is 1. The van der Waals surface area contributed by atoms with E-state index in [4.69, 9.17) is 4.74 Å². The van der Waals surface area contributed by atoms with Gasteiger partial charge in [-0.1, -0.05) is 48.0 Å². The van der Waals surface area contributed by atoms with Crippen LogP contribution in [0.4, 0.5) is 5.13 Å². The molecule has 1 aliphatic rings. The van der Waals surface area contributed by atoms with Crippen molar-refractivity contribution in [3.8, 4) is 5.75 Å². The summed E-state index contributed by atoms with van der Waals surface area (Å²) in [6.07, 6.45) is 1.14. The molecule has 34 heavy (non-hydrogen) atoms. The Kier molecular flexibility index (Phi) is 6.99. The Morgan fingerprint density at radius 3 is 2.76 bits per heavy atom. The minimum Gasteiger partial charge on any atom is -0.486 e. The van der Waals surface area contributed by atoms with Gasteiger partial charge in [-0.3, -0.25) is 9.69 Å². The van der Waals surface area contributed by atoms with Crippen LogP contribution in [0, 0.1) is 6.92 Å². The van der Waals surface area contributed by atoms with E-state index in [1.165, 1.54) is 27.3 Å². The van der Waals surface area contributed by atoms with E-state index in [0.29, 0.717) is 11.7 Å². The van der Waals surface area contributed by atoms with E-state index in [-0.39, 0.29) is 12.3 Å². The smallest absolute Gasteiger partial charge is 0.232 e. The molecule has 0 fully saturated rings. The van der Waals surface area contributed by atoms with Gasteiger partial charge in [0.25, 0.3) is 0 Å². The van der Waals surface area contributed by atoms with Crippen LogP contribution in [0.3, 0.4) is 0 Å². The van der Waals surface area contributed by atoms with Crippen molar-refractivity contribution in [3.05, 3.63) is 92.4 Å². The van der Waals surface area contributed by atoms with Gasteiger partial charge in [-0.15, -0.1) is 22.7 Å². The fourth-order valence-electron chi connectivity index (χ4n) is 3.88. The molecular formula is C26H26N4O2S2. The number of aromatic nitrogens is 2. The van der Waals surface area contributed by atoms with E-state index < -0.39 is 0 Å². The summed E-state index contributed by atoms with van der Waals surface area (Å²) in [6, 6.07) is 18.5. The number of aryl methyl sites for hydroxylation is 1. The van der Waals surface area contributed by atoms with Gasteiger partial charge in [0.05, 0.1) is 17.8 Å². The van der Waals surface area contributed by atoms with Crippen LogP contribution in [0.5, 0.6) is 5.75 Å². The highest BCUT2D eigenvalue weighted by Gasteiger charge is 2.21. The summed E-state index contributed by atoms with van der Waals surface area (Å²) in [5.74, 6) is 0.721.